The lowest BCUT2D eigenvalue weighted by molar-refractivity contribution is 0.307. The molecule has 7 heteroatoms. The van der Waals surface area contributed by atoms with Crippen LogP contribution in [0.4, 0.5) is 11.4 Å². The normalized spacial score (nSPS) is 11.5. The molecule has 0 spiro atoms. The van der Waals surface area contributed by atoms with Crippen molar-refractivity contribution in [2.45, 2.75) is 6.42 Å². The Morgan fingerprint density at radius 3 is 2.50 bits per heavy atom. The summed E-state index contributed by atoms with van der Waals surface area (Å²) in [6.07, 6.45) is 0.583. The van der Waals surface area contributed by atoms with Crippen LogP contribution >= 0.6 is 11.5 Å². The van der Waals surface area contributed by atoms with Gasteiger partial charge in [-0.25, -0.2) is 0 Å². The van der Waals surface area contributed by atoms with E-state index in [0.29, 0.717) is 12.0 Å². The van der Waals surface area contributed by atoms with E-state index in [4.69, 9.17) is 10.8 Å². The number of rotatable bonds is 7. The van der Waals surface area contributed by atoms with E-state index >= 15 is 0 Å². The largest absolute Gasteiger partial charge is 0.394 e. The third-order valence-corrected chi connectivity index (χ3v) is 4.67. The quantitative estimate of drug-likeness (QED) is 0.380. The van der Waals surface area contributed by atoms with Crippen molar-refractivity contribution in [2.24, 2.45) is 10.7 Å². The summed E-state index contributed by atoms with van der Waals surface area (Å²) >= 11 is 1.26. The fourth-order valence-electron chi connectivity index (χ4n) is 2.55. The zero-order valence-electron chi connectivity index (χ0n) is 14.1. The first-order chi connectivity index (χ1) is 12.7. The van der Waals surface area contributed by atoms with E-state index in [-0.39, 0.29) is 24.5 Å². The average Bonchev–Trinajstić information content (AvgIpc) is 3.02. The first-order valence-electron chi connectivity index (χ1n) is 8.20. The Kier molecular flexibility index (Phi) is 5.83. The summed E-state index contributed by atoms with van der Waals surface area (Å²) in [7, 11) is 0. The molecule has 0 bridgehead atoms. The van der Waals surface area contributed by atoms with Crippen LogP contribution in [0.5, 0.6) is 0 Å². The van der Waals surface area contributed by atoms with E-state index in [1.165, 1.54) is 11.5 Å². The molecule has 26 heavy (non-hydrogen) atoms. The van der Waals surface area contributed by atoms with Crippen LogP contribution in [-0.2, 0) is 6.42 Å². The number of nitrogens with zero attached hydrogens (tertiary/aromatic N) is 1. The number of amidine groups is 1. The van der Waals surface area contributed by atoms with Gasteiger partial charge in [0.05, 0.1) is 18.7 Å². The molecule has 0 amide bonds. The molecule has 0 aliphatic heterocycles. The van der Waals surface area contributed by atoms with Crippen LogP contribution in [0.15, 0.2) is 64.4 Å². The highest BCUT2D eigenvalue weighted by Gasteiger charge is 2.14. The number of hydrogen-bond acceptors (Lipinski definition) is 5. The summed E-state index contributed by atoms with van der Waals surface area (Å²) in [6.45, 7) is 0.0777. The van der Waals surface area contributed by atoms with Crippen molar-refractivity contribution in [2.75, 3.05) is 18.5 Å². The number of aliphatic imine (C=N–C) groups is 1. The molecule has 0 saturated heterocycles. The van der Waals surface area contributed by atoms with Gasteiger partial charge in [-0.15, -0.1) is 0 Å². The van der Waals surface area contributed by atoms with Crippen LogP contribution in [0.1, 0.15) is 16.0 Å². The molecule has 0 radical (unpaired) electrons. The molecule has 2 aromatic carbocycles. The summed E-state index contributed by atoms with van der Waals surface area (Å²) in [5.74, 6) is 0.166. The summed E-state index contributed by atoms with van der Waals surface area (Å²) < 4.78 is 2.71. The van der Waals surface area contributed by atoms with Crippen LogP contribution < -0.4 is 16.6 Å². The number of aromatic amines is 1. The van der Waals surface area contributed by atoms with E-state index in [1.54, 1.807) is 0 Å². The van der Waals surface area contributed by atoms with E-state index < -0.39 is 0 Å². The molecule has 0 aliphatic rings. The first-order valence-corrected chi connectivity index (χ1v) is 9.01. The minimum absolute atomic E-state index is 0.103. The number of hydrogen-bond donors (Lipinski definition) is 4. The second-order valence-corrected chi connectivity index (χ2v) is 6.59. The van der Waals surface area contributed by atoms with Gasteiger partial charge in [0, 0.05) is 22.7 Å². The third kappa shape index (κ3) is 4.38. The predicted molar refractivity (Wildman–Crippen MR) is 107 cm³/mol. The summed E-state index contributed by atoms with van der Waals surface area (Å²) in [4.78, 5) is 16.9. The average molecular weight is 368 g/mol. The zero-order valence-corrected chi connectivity index (χ0v) is 14.9. The molecule has 3 aromatic rings. The number of aliphatic hydroxyl groups excluding tert-OH is 1. The summed E-state index contributed by atoms with van der Waals surface area (Å²) in [5, 5.41) is 12.2. The smallest absolute Gasteiger partial charge is 0.269 e. The molecule has 1 aromatic heterocycles. The molecule has 0 aliphatic carbocycles. The Bertz CT molecular complexity index is 930. The predicted octanol–water partition coefficient (Wildman–Crippen LogP) is 2.47. The van der Waals surface area contributed by atoms with Gasteiger partial charge in [0.2, 0.25) is 0 Å². The van der Waals surface area contributed by atoms with Crippen molar-refractivity contribution < 1.29 is 5.11 Å². The SMILES string of the molecule is NC(=NCCO)c1c(Cc2ccc(Nc3ccccc3)cc2)s[nH]c1=O. The maximum Gasteiger partial charge on any atom is 0.269 e. The van der Waals surface area contributed by atoms with Gasteiger partial charge in [0.1, 0.15) is 5.84 Å². The standard InChI is InChI=1S/C19H20N4O2S/c20-18(21-10-11-24)17-16(26-23-19(17)25)12-13-6-8-15(9-7-13)22-14-4-2-1-3-5-14/h1-9,22,24H,10-12H2,(H2,20,21)(H,23,25). The topological polar surface area (TPSA) is 104 Å². The molecule has 3 rings (SSSR count). The molecule has 134 valence electrons. The highest BCUT2D eigenvalue weighted by Crippen LogP contribution is 2.20. The molecule has 0 unspecified atom stereocenters. The fourth-order valence-corrected chi connectivity index (χ4v) is 3.41. The van der Waals surface area contributed by atoms with Crippen molar-refractivity contribution >= 4 is 28.7 Å². The summed E-state index contributed by atoms with van der Waals surface area (Å²) in [5.41, 5.74) is 9.14. The van der Waals surface area contributed by atoms with Gasteiger partial charge < -0.3 is 16.2 Å². The Hall–Kier alpha value is -2.90. The minimum atomic E-state index is -0.244. The molecule has 1 heterocycles. The highest BCUT2D eigenvalue weighted by molar-refractivity contribution is 7.06. The molecular weight excluding hydrogens is 348 g/mol. The van der Waals surface area contributed by atoms with Gasteiger partial charge in [-0.05, 0) is 29.8 Å². The van der Waals surface area contributed by atoms with Gasteiger partial charge in [-0.1, -0.05) is 41.9 Å². The number of H-pyrrole nitrogens is 1. The van der Waals surface area contributed by atoms with Crippen molar-refractivity contribution in [3.05, 3.63) is 81.0 Å². The van der Waals surface area contributed by atoms with Crippen LogP contribution in [0.2, 0.25) is 0 Å². The lowest BCUT2D eigenvalue weighted by atomic mass is 10.1. The van der Waals surface area contributed by atoms with Crippen LogP contribution in [-0.4, -0.2) is 28.5 Å². The lowest BCUT2D eigenvalue weighted by Crippen LogP contribution is -2.23. The van der Waals surface area contributed by atoms with Gasteiger partial charge in [-0.2, -0.15) is 0 Å². The van der Waals surface area contributed by atoms with E-state index in [9.17, 15) is 4.79 Å². The number of benzene rings is 2. The molecule has 5 N–H and O–H groups in total. The molecule has 6 nitrogen and oxygen atoms in total. The number of para-hydroxylation sites is 1. The Labute approximate surface area is 155 Å². The van der Waals surface area contributed by atoms with Gasteiger partial charge >= 0.3 is 0 Å². The number of nitrogens with two attached hydrogens (primary N) is 1. The Morgan fingerprint density at radius 2 is 1.81 bits per heavy atom. The third-order valence-electron chi connectivity index (χ3n) is 3.79. The van der Waals surface area contributed by atoms with E-state index in [2.05, 4.69) is 14.7 Å². The van der Waals surface area contributed by atoms with Crippen molar-refractivity contribution in [3.63, 3.8) is 0 Å². The maximum absolute atomic E-state index is 12.0. The number of aromatic nitrogens is 1. The highest BCUT2D eigenvalue weighted by atomic mass is 32.1. The molecule has 0 atom stereocenters. The Morgan fingerprint density at radius 1 is 1.12 bits per heavy atom. The zero-order chi connectivity index (χ0) is 18.4. The van der Waals surface area contributed by atoms with Crippen LogP contribution in [0.3, 0.4) is 0 Å². The first kappa shape index (κ1) is 17.9. The number of aliphatic hydroxyl groups is 1. The van der Waals surface area contributed by atoms with Gasteiger partial charge in [0.15, 0.2) is 0 Å². The number of nitrogens with one attached hydrogen (secondary N) is 2. The van der Waals surface area contributed by atoms with Gasteiger partial charge in [-0.3, -0.25) is 14.2 Å². The van der Waals surface area contributed by atoms with Crippen molar-refractivity contribution in [1.29, 1.82) is 0 Å². The fraction of sp³-hybridized carbons (Fsp3) is 0.158. The second kappa shape index (κ2) is 8.46. The molecule has 0 fully saturated rings. The Balaban J connectivity index is 1.75. The van der Waals surface area contributed by atoms with Crippen LogP contribution in [0, 0.1) is 0 Å². The summed E-state index contributed by atoms with van der Waals surface area (Å²) in [6, 6.07) is 18.0. The lowest BCUT2D eigenvalue weighted by Gasteiger charge is -2.07. The number of anilines is 2. The minimum Gasteiger partial charge on any atom is -0.394 e. The maximum atomic E-state index is 12.0. The van der Waals surface area contributed by atoms with Crippen molar-refractivity contribution in [3.8, 4) is 0 Å². The monoisotopic (exact) mass is 368 g/mol. The second-order valence-electron chi connectivity index (χ2n) is 5.69. The molecular formula is C19H20N4O2S. The van der Waals surface area contributed by atoms with E-state index in [0.717, 1.165) is 21.8 Å². The van der Waals surface area contributed by atoms with Crippen molar-refractivity contribution in [1.82, 2.24) is 4.37 Å². The van der Waals surface area contributed by atoms with E-state index in [1.807, 2.05) is 54.6 Å². The molecule has 0 saturated carbocycles. The van der Waals surface area contributed by atoms with Crippen LogP contribution in [0.25, 0.3) is 0 Å². The van der Waals surface area contributed by atoms with Gasteiger partial charge in [0.25, 0.3) is 5.56 Å².